The van der Waals surface area contributed by atoms with Crippen LogP contribution in [0.3, 0.4) is 0 Å². The second-order valence-corrected chi connectivity index (χ2v) is 10.2. The first-order valence-corrected chi connectivity index (χ1v) is 13.5. The van der Waals surface area contributed by atoms with Gasteiger partial charge in [-0.1, -0.05) is 6.07 Å². The van der Waals surface area contributed by atoms with Gasteiger partial charge in [0.05, 0.1) is 43.3 Å². The van der Waals surface area contributed by atoms with E-state index >= 15 is 0 Å². The minimum absolute atomic E-state index is 0.0371. The third-order valence-electron chi connectivity index (χ3n) is 5.70. The Bertz CT molecular complexity index is 1130. The molecule has 0 aromatic heterocycles. The fourth-order valence-corrected chi connectivity index (χ4v) is 4.31. The number of amides is 4. The van der Waals surface area contributed by atoms with E-state index in [-0.39, 0.29) is 69.1 Å². The molecule has 15 heteroatoms. The summed E-state index contributed by atoms with van der Waals surface area (Å²) in [5.41, 5.74) is 0.807. The van der Waals surface area contributed by atoms with E-state index in [0.717, 1.165) is 4.90 Å². The molecular weight excluding hydrogens is 510 g/mol. The predicted octanol–water partition coefficient (Wildman–Crippen LogP) is -1.88. The molecule has 0 bridgehead atoms. The molecule has 1 aromatic carbocycles. The molecule has 0 saturated carbocycles. The number of aliphatic hydroxyl groups is 1. The van der Waals surface area contributed by atoms with Crippen LogP contribution in [0.25, 0.3) is 0 Å². The zero-order valence-electron chi connectivity index (χ0n) is 20.1. The zero-order valence-corrected chi connectivity index (χ0v) is 20.9. The van der Waals surface area contributed by atoms with Gasteiger partial charge in [-0.05, 0) is 18.6 Å². The molecule has 2 unspecified atom stereocenters. The summed E-state index contributed by atoms with van der Waals surface area (Å²) >= 11 is 0. The Morgan fingerprint density at radius 3 is 2.51 bits per heavy atom. The van der Waals surface area contributed by atoms with E-state index in [9.17, 15) is 32.7 Å². The number of ether oxygens (including phenoxy) is 2. The van der Waals surface area contributed by atoms with Crippen LogP contribution in [0.2, 0.25) is 0 Å². The highest BCUT2D eigenvalue weighted by Crippen LogP contribution is 2.32. The van der Waals surface area contributed by atoms with Gasteiger partial charge in [0.25, 0.3) is 11.8 Å². The number of rotatable bonds is 15. The average Bonchev–Trinajstić information content (AvgIpc) is 3.08. The van der Waals surface area contributed by atoms with E-state index in [1.807, 2.05) is 0 Å². The molecule has 1 saturated heterocycles. The number of carbonyl (C=O) groups is 4. The number of nitrogens with one attached hydrogen (secondary N) is 3. The summed E-state index contributed by atoms with van der Waals surface area (Å²) in [6.45, 7) is 1.45. The molecule has 0 aliphatic carbocycles. The number of nitrogens with zero attached hydrogens (tertiary/aromatic N) is 1. The summed E-state index contributed by atoms with van der Waals surface area (Å²) in [5, 5.41) is 22.4. The van der Waals surface area contributed by atoms with Gasteiger partial charge in [-0.2, -0.15) is 0 Å². The van der Waals surface area contributed by atoms with Gasteiger partial charge in [0.15, 0.2) is 0 Å². The summed E-state index contributed by atoms with van der Waals surface area (Å²) in [7, 11) is -3.58. The van der Waals surface area contributed by atoms with Crippen molar-refractivity contribution in [1.29, 1.82) is 0 Å². The Morgan fingerprint density at radius 2 is 1.81 bits per heavy atom. The van der Waals surface area contributed by atoms with Crippen molar-refractivity contribution in [1.82, 2.24) is 15.5 Å². The number of primary sulfonamides is 1. The standard InChI is InChI=1S/C22H31N5O9S/c23-37(33,34)13-8-25-17(28)6-9-35-11-12-36-10-7-24-15-3-1-2-14-19(15)22(32)27(21(14)31)16-4-5-18(29)26-20(16)30/h1-3,16-17,24-25,28H,4-13H2,(H2,23,33,34)(H,26,29,30). The number of fused-ring (bicyclic) bond motifs is 1. The number of piperidine rings is 1. The SMILES string of the molecule is NS(=O)(=O)CCNC(O)CCOCCOCCNc1cccc2c1C(=O)N(C1CCC(=O)NC1=O)C2=O. The van der Waals surface area contributed by atoms with Crippen LogP contribution in [0.5, 0.6) is 0 Å². The third kappa shape index (κ3) is 8.02. The van der Waals surface area contributed by atoms with E-state index in [1.54, 1.807) is 12.1 Å². The largest absolute Gasteiger partial charge is 0.382 e. The number of imide groups is 2. The normalized spacial score (nSPS) is 18.6. The van der Waals surface area contributed by atoms with Crippen LogP contribution < -0.4 is 21.1 Å². The number of anilines is 1. The lowest BCUT2D eigenvalue weighted by atomic mass is 10.0. The molecule has 0 spiro atoms. The number of sulfonamides is 1. The first kappa shape index (κ1) is 28.6. The molecule has 14 nitrogen and oxygen atoms in total. The van der Waals surface area contributed by atoms with Crippen molar-refractivity contribution in [2.45, 2.75) is 31.5 Å². The second-order valence-electron chi connectivity index (χ2n) is 8.45. The summed E-state index contributed by atoms with van der Waals surface area (Å²) in [6.07, 6.45) is -0.522. The lowest BCUT2D eigenvalue weighted by Gasteiger charge is -2.27. The maximum absolute atomic E-state index is 13.0. The molecule has 2 aliphatic heterocycles. The van der Waals surface area contributed by atoms with Crippen molar-refractivity contribution in [3.8, 4) is 0 Å². The molecule has 6 N–H and O–H groups in total. The zero-order chi connectivity index (χ0) is 27.0. The topological polar surface area (TPSA) is 206 Å². The van der Waals surface area contributed by atoms with Crippen LogP contribution in [-0.2, 0) is 29.1 Å². The number of benzene rings is 1. The number of hydrogen-bond acceptors (Lipinski definition) is 11. The fraction of sp³-hybridized carbons (Fsp3) is 0.545. The summed E-state index contributed by atoms with van der Waals surface area (Å²) in [6, 6.07) is 3.78. The molecule has 37 heavy (non-hydrogen) atoms. The quantitative estimate of drug-likeness (QED) is 0.0943. The van der Waals surface area contributed by atoms with Crippen molar-refractivity contribution >= 4 is 39.3 Å². The van der Waals surface area contributed by atoms with Gasteiger partial charge >= 0.3 is 0 Å². The van der Waals surface area contributed by atoms with Crippen molar-refractivity contribution in [3.63, 3.8) is 0 Å². The van der Waals surface area contributed by atoms with E-state index in [2.05, 4.69) is 16.0 Å². The van der Waals surface area contributed by atoms with E-state index in [0.29, 0.717) is 12.2 Å². The minimum atomic E-state index is -3.58. The molecule has 3 rings (SSSR count). The Balaban J connectivity index is 1.36. The number of carbonyl (C=O) groups excluding carboxylic acids is 4. The molecule has 2 heterocycles. The monoisotopic (exact) mass is 541 g/mol. The smallest absolute Gasteiger partial charge is 0.264 e. The van der Waals surface area contributed by atoms with Crippen LogP contribution in [0.4, 0.5) is 5.69 Å². The number of aliphatic hydroxyl groups excluding tert-OH is 1. The molecule has 4 amide bonds. The molecule has 2 aliphatic rings. The Kier molecular flexibility index (Phi) is 10.1. The molecule has 1 fully saturated rings. The maximum atomic E-state index is 13.0. The number of nitrogens with two attached hydrogens (primary N) is 1. The molecule has 204 valence electrons. The van der Waals surface area contributed by atoms with Crippen LogP contribution in [0.1, 0.15) is 40.0 Å². The van der Waals surface area contributed by atoms with Gasteiger partial charge in [0, 0.05) is 31.6 Å². The first-order chi connectivity index (χ1) is 17.6. The lowest BCUT2D eigenvalue weighted by Crippen LogP contribution is -2.54. The second kappa shape index (κ2) is 13.0. The predicted molar refractivity (Wildman–Crippen MR) is 130 cm³/mol. The molecular formula is C22H31N5O9S. The molecule has 1 aromatic rings. The van der Waals surface area contributed by atoms with E-state index in [4.69, 9.17) is 14.6 Å². The van der Waals surface area contributed by atoms with Crippen LogP contribution in [0.15, 0.2) is 18.2 Å². The first-order valence-electron chi connectivity index (χ1n) is 11.7. The highest BCUT2D eigenvalue weighted by molar-refractivity contribution is 7.89. The van der Waals surface area contributed by atoms with Crippen molar-refractivity contribution in [3.05, 3.63) is 29.3 Å². The fourth-order valence-electron chi connectivity index (χ4n) is 3.91. The van der Waals surface area contributed by atoms with E-state index < -0.39 is 45.9 Å². The summed E-state index contributed by atoms with van der Waals surface area (Å²) in [5.74, 6) is -2.53. The lowest BCUT2D eigenvalue weighted by molar-refractivity contribution is -0.136. The van der Waals surface area contributed by atoms with Gasteiger partial charge in [0.1, 0.15) is 12.3 Å². The van der Waals surface area contributed by atoms with Gasteiger partial charge in [-0.25, -0.2) is 13.6 Å². The Labute approximate surface area is 213 Å². The summed E-state index contributed by atoms with van der Waals surface area (Å²) < 4.78 is 32.5. The van der Waals surface area contributed by atoms with E-state index in [1.165, 1.54) is 6.07 Å². The molecule has 0 radical (unpaired) electrons. The minimum Gasteiger partial charge on any atom is -0.382 e. The Morgan fingerprint density at radius 1 is 1.08 bits per heavy atom. The number of hydrogen-bond donors (Lipinski definition) is 5. The van der Waals surface area contributed by atoms with Crippen molar-refractivity contribution in [2.24, 2.45) is 5.14 Å². The molecule has 2 atom stereocenters. The van der Waals surface area contributed by atoms with Crippen LogP contribution >= 0.6 is 0 Å². The van der Waals surface area contributed by atoms with Crippen LogP contribution in [0, 0.1) is 0 Å². The van der Waals surface area contributed by atoms with Crippen molar-refractivity contribution < 1.29 is 42.2 Å². The highest BCUT2D eigenvalue weighted by atomic mass is 32.2. The highest BCUT2D eigenvalue weighted by Gasteiger charge is 2.45. The third-order valence-corrected chi connectivity index (χ3v) is 6.48. The van der Waals surface area contributed by atoms with Gasteiger partial charge < -0.3 is 19.9 Å². The van der Waals surface area contributed by atoms with Crippen molar-refractivity contribution in [2.75, 3.05) is 50.6 Å². The van der Waals surface area contributed by atoms with Crippen LogP contribution in [-0.4, -0.2) is 99.6 Å². The maximum Gasteiger partial charge on any atom is 0.264 e. The summed E-state index contributed by atoms with van der Waals surface area (Å²) in [4.78, 5) is 50.4. The van der Waals surface area contributed by atoms with Gasteiger partial charge in [-0.15, -0.1) is 0 Å². The average molecular weight is 542 g/mol. The van der Waals surface area contributed by atoms with Gasteiger partial charge in [0.2, 0.25) is 21.8 Å². The van der Waals surface area contributed by atoms with Gasteiger partial charge in [-0.3, -0.25) is 34.7 Å². The Hall–Kier alpha value is -2.95.